The van der Waals surface area contributed by atoms with Crippen LogP contribution in [0.5, 0.6) is 5.75 Å². The second-order valence-electron chi connectivity index (χ2n) is 4.99. The summed E-state index contributed by atoms with van der Waals surface area (Å²) in [6, 6.07) is 14.3. The molecular formula is C17H15FN2O2. The fraction of sp³-hybridized carbons (Fsp3) is 0.118. The molecule has 0 saturated heterocycles. The number of halogens is 1. The molecule has 2 aromatic carbocycles. The standard InChI is InChI=1S/C17H15FN2O2/c1-11-7-13(15-9-16(19)22-20-15)8-14(18)17(11)21-10-12-5-3-2-4-6-12/h2-9H,10,19H2,1H3. The van der Waals surface area contributed by atoms with E-state index in [9.17, 15) is 4.39 Å². The first-order valence-corrected chi connectivity index (χ1v) is 6.83. The summed E-state index contributed by atoms with van der Waals surface area (Å²) in [5, 5.41) is 3.78. The van der Waals surface area contributed by atoms with Gasteiger partial charge in [0.25, 0.3) is 0 Å². The van der Waals surface area contributed by atoms with E-state index in [2.05, 4.69) is 5.16 Å². The molecule has 0 aliphatic heterocycles. The van der Waals surface area contributed by atoms with Gasteiger partial charge in [0.1, 0.15) is 12.3 Å². The number of hydrogen-bond acceptors (Lipinski definition) is 4. The minimum atomic E-state index is -0.437. The predicted molar refractivity (Wildman–Crippen MR) is 81.8 cm³/mol. The number of rotatable bonds is 4. The minimum Gasteiger partial charge on any atom is -0.486 e. The van der Waals surface area contributed by atoms with Crippen LogP contribution < -0.4 is 10.5 Å². The molecule has 22 heavy (non-hydrogen) atoms. The molecular weight excluding hydrogens is 283 g/mol. The van der Waals surface area contributed by atoms with Crippen LogP contribution in [0.3, 0.4) is 0 Å². The second kappa shape index (κ2) is 5.89. The molecule has 5 heteroatoms. The van der Waals surface area contributed by atoms with Crippen LogP contribution in [-0.2, 0) is 6.61 Å². The molecule has 0 spiro atoms. The van der Waals surface area contributed by atoms with Crippen LogP contribution >= 0.6 is 0 Å². The van der Waals surface area contributed by atoms with Crippen molar-refractivity contribution in [3.8, 4) is 17.0 Å². The minimum absolute atomic E-state index is 0.192. The summed E-state index contributed by atoms with van der Waals surface area (Å²) < 4.78 is 24.7. The first-order valence-electron chi connectivity index (χ1n) is 6.83. The average Bonchev–Trinajstić information content (AvgIpc) is 2.94. The quantitative estimate of drug-likeness (QED) is 0.792. The van der Waals surface area contributed by atoms with Gasteiger partial charge in [0, 0.05) is 11.6 Å². The van der Waals surface area contributed by atoms with Crippen LogP contribution in [-0.4, -0.2) is 5.16 Å². The number of nitrogens with zero attached hydrogens (tertiary/aromatic N) is 1. The number of ether oxygens (including phenoxy) is 1. The zero-order valence-electron chi connectivity index (χ0n) is 12.0. The van der Waals surface area contributed by atoms with Gasteiger partial charge < -0.3 is 15.0 Å². The van der Waals surface area contributed by atoms with E-state index >= 15 is 0 Å². The van der Waals surface area contributed by atoms with Crippen molar-refractivity contribution in [1.82, 2.24) is 5.16 Å². The summed E-state index contributed by atoms with van der Waals surface area (Å²) in [6.07, 6.45) is 0. The van der Waals surface area contributed by atoms with Crippen molar-refractivity contribution >= 4 is 5.88 Å². The Morgan fingerprint density at radius 3 is 2.59 bits per heavy atom. The highest BCUT2D eigenvalue weighted by molar-refractivity contribution is 5.63. The number of nitrogens with two attached hydrogens (primary N) is 1. The van der Waals surface area contributed by atoms with Crippen molar-refractivity contribution in [2.45, 2.75) is 13.5 Å². The Kier molecular flexibility index (Phi) is 3.78. The summed E-state index contributed by atoms with van der Waals surface area (Å²) in [6.45, 7) is 2.10. The average molecular weight is 298 g/mol. The van der Waals surface area contributed by atoms with Gasteiger partial charge in [-0.2, -0.15) is 0 Å². The van der Waals surface area contributed by atoms with Gasteiger partial charge in [-0.25, -0.2) is 4.39 Å². The maximum atomic E-state index is 14.3. The maximum absolute atomic E-state index is 14.3. The Hall–Kier alpha value is -2.82. The van der Waals surface area contributed by atoms with Crippen molar-refractivity contribution in [3.05, 3.63) is 65.5 Å². The molecule has 0 radical (unpaired) electrons. The van der Waals surface area contributed by atoms with Gasteiger partial charge in [0.2, 0.25) is 5.88 Å². The molecule has 0 saturated carbocycles. The van der Waals surface area contributed by atoms with Crippen molar-refractivity contribution in [2.24, 2.45) is 0 Å². The summed E-state index contributed by atoms with van der Waals surface area (Å²) >= 11 is 0. The number of nitrogen functional groups attached to an aromatic ring is 1. The molecule has 0 bridgehead atoms. The van der Waals surface area contributed by atoms with E-state index in [1.54, 1.807) is 19.1 Å². The van der Waals surface area contributed by atoms with E-state index in [1.807, 2.05) is 30.3 Å². The molecule has 0 aliphatic carbocycles. The summed E-state index contributed by atoms with van der Waals surface area (Å²) in [5.41, 5.74) is 8.25. The molecule has 1 heterocycles. The van der Waals surface area contributed by atoms with Crippen LogP contribution in [0.1, 0.15) is 11.1 Å². The van der Waals surface area contributed by atoms with Crippen LogP contribution in [0.15, 0.2) is 53.1 Å². The predicted octanol–water partition coefficient (Wildman–Crippen LogP) is 3.95. The number of aryl methyl sites for hydroxylation is 1. The third kappa shape index (κ3) is 2.93. The lowest BCUT2D eigenvalue weighted by Gasteiger charge is -2.11. The molecule has 112 valence electrons. The Morgan fingerprint density at radius 2 is 1.95 bits per heavy atom. The Bertz CT molecular complexity index is 761. The van der Waals surface area contributed by atoms with E-state index in [0.29, 0.717) is 23.4 Å². The van der Waals surface area contributed by atoms with Crippen molar-refractivity contribution in [3.63, 3.8) is 0 Å². The van der Waals surface area contributed by atoms with E-state index in [4.69, 9.17) is 15.0 Å². The number of aromatic nitrogens is 1. The molecule has 1 aromatic heterocycles. The van der Waals surface area contributed by atoms with Crippen LogP contribution in [0.4, 0.5) is 10.3 Å². The normalized spacial score (nSPS) is 10.6. The van der Waals surface area contributed by atoms with Crippen LogP contribution in [0, 0.1) is 12.7 Å². The third-order valence-electron chi connectivity index (χ3n) is 3.28. The molecule has 0 amide bonds. The summed E-state index contributed by atoms with van der Waals surface area (Å²) in [4.78, 5) is 0. The van der Waals surface area contributed by atoms with Crippen molar-refractivity contribution in [1.29, 1.82) is 0 Å². The van der Waals surface area contributed by atoms with Gasteiger partial charge in [0.05, 0.1) is 0 Å². The number of anilines is 1. The molecule has 0 aliphatic rings. The first kappa shape index (κ1) is 14.1. The Morgan fingerprint density at radius 1 is 1.18 bits per heavy atom. The third-order valence-corrected chi connectivity index (χ3v) is 3.28. The lowest BCUT2D eigenvalue weighted by atomic mass is 10.1. The molecule has 4 nitrogen and oxygen atoms in total. The zero-order valence-corrected chi connectivity index (χ0v) is 12.0. The monoisotopic (exact) mass is 298 g/mol. The van der Waals surface area contributed by atoms with E-state index in [0.717, 1.165) is 5.56 Å². The Labute approximate surface area is 127 Å². The largest absolute Gasteiger partial charge is 0.486 e. The van der Waals surface area contributed by atoms with Gasteiger partial charge in [-0.15, -0.1) is 0 Å². The zero-order chi connectivity index (χ0) is 15.5. The lowest BCUT2D eigenvalue weighted by Crippen LogP contribution is -2.00. The highest BCUT2D eigenvalue weighted by Gasteiger charge is 2.13. The van der Waals surface area contributed by atoms with Crippen molar-refractivity contribution < 1.29 is 13.7 Å². The first-order chi connectivity index (χ1) is 10.6. The van der Waals surface area contributed by atoms with Crippen LogP contribution in [0.2, 0.25) is 0 Å². The summed E-state index contributed by atoms with van der Waals surface area (Å²) in [5.74, 6) is -0.00552. The highest BCUT2D eigenvalue weighted by atomic mass is 19.1. The summed E-state index contributed by atoms with van der Waals surface area (Å²) in [7, 11) is 0. The van der Waals surface area contributed by atoms with Gasteiger partial charge in [-0.05, 0) is 30.2 Å². The van der Waals surface area contributed by atoms with Gasteiger partial charge in [0.15, 0.2) is 11.6 Å². The molecule has 0 fully saturated rings. The SMILES string of the molecule is Cc1cc(-c2cc(N)on2)cc(F)c1OCc1ccccc1. The molecule has 0 unspecified atom stereocenters. The van der Waals surface area contributed by atoms with Gasteiger partial charge >= 0.3 is 0 Å². The maximum Gasteiger partial charge on any atom is 0.222 e. The van der Waals surface area contributed by atoms with E-state index in [-0.39, 0.29) is 11.6 Å². The van der Waals surface area contributed by atoms with Gasteiger partial charge in [-0.1, -0.05) is 35.5 Å². The molecule has 3 aromatic rings. The van der Waals surface area contributed by atoms with E-state index < -0.39 is 5.82 Å². The number of hydrogen-bond donors (Lipinski definition) is 1. The van der Waals surface area contributed by atoms with Crippen molar-refractivity contribution in [2.75, 3.05) is 5.73 Å². The Balaban J connectivity index is 1.84. The lowest BCUT2D eigenvalue weighted by molar-refractivity contribution is 0.288. The van der Waals surface area contributed by atoms with Crippen LogP contribution in [0.25, 0.3) is 11.3 Å². The molecule has 2 N–H and O–H groups in total. The molecule has 0 atom stereocenters. The second-order valence-corrected chi connectivity index (χ2v) is 4.99. The number of benzene rings is 2. The fourth-order valence-corrected chi connectivity index (χ4v) is 2.22. The molecule has 3 rings (SSSR count). The topological polar surface area (TPSA) is 61.3 Å². The van der Waals surface area contributed by atoms with E-state index in [1.165, 1.54) is 6.07 Å². The smallest absolute Gasteiger partial charge is 0.222 e. The highest BCUT2D eigenvalue weighted by Crippen LogP contribution is 2.30. The van der Waals surface area contributed by atoms with Gasteiger partial charge in [-0.3, -0.25) is 0 Å². The fourth-order valence-electron chi connectivity index (χ4n) is 2.22.